The van der Waals surface area contributed by atoms with E-state index in [9.17, 15) is 15.8 Å². The van der Waals surface area contributed by atoms with Crippen LogP contribution in [0.15, 0.2) is 110 Å². The minimum absolute atomic E-state index is 0.364. The molecule has 6 rings (SSSR count). The van der Waals surface area contributed by atoms with E-state index >= 15 is 0 Å². The quantitative estimate of drug-likeness (QED) is 0.293. The summed E-state index contributed by atoms with van der Waals surface area (Å²) < 4.78 is 4.73. The SMILES string of the molecule is N#Cc1cn([B-](n2cc(C#N)c(-c3ccccc3)n2)n2cc(C#N)c(-c3ccccc3)n2)nc1-c1ccccc1. The van der Waals surface area contributed by atoms with Crippen LogP contribution in [-0.2, 0) is 0 Å². The lowest BCUT2D eigenvalue weighted by Gasteiger charge is -2.29. The first kappa shape index (κ1) is 24.2. The third-order valence-electron chi connectivity index (χ3n) is 6.41. The molecule has 0 N–H and O–H groups in total. The molecular formula is C30H18BN9-. The Balaban J connectivity index is 1.57. The van der Waals surface area contributed by atoms with Crippen LogP contribution >= 0.6 is 0 Å². The van der Waals surface area contributed by atoms with E-state index in [2.05, 4.69) is 18.2 Å². The van der Waals surface area contributed by atoms with Gasteiger partial charge >= 0.3 is 0 Å². The Morgan fingerprint density at radius 2 is 0.725 bits per heavy atom. The summed E-state index contributed by atoms with van der Waals surface area (Å²) in [7, 11) is -0.862. The van der Waals surface area contributed by atoms with Gasteiger partial charge in [-0.3, -0.25) is 0 Å². The summed E-state index contributed by atoms with van der Waals surface area (Å²) >= 11 is 0. The number of nitriles is 3. The van der Waals surface area contributed by atoms with Crippen molar-refractivity contribution < 1.29 is 0 Å². The molecule has 0 aliphatic rings. The molecule has 0 bridgehead atoms. The molecule has 187 valence electrons. The molecule has 6 aromatic rings. The molecule has 0 atom stereocenters. The van der Waals surface area contributed by atoms with E-state index in [1.807, 2.05) is 91.0 Å². The van der Waals surface area contributed by atoms with Gasteiger partial charge in [0.05, 0.1) is 16.7 Å². The van der Waals surface area contributed by atoms with Gasteiger partial charge in [-0.15, -0.1) is 0 Å². The Morgan fingerprint density at radius 1 is 0.450 bits per heavy atom. The van der Waals surface area contributed by atoms with Crippen LogP contribution in [0, 0.1) is 34.0 Å². The van der Waals surface area contributed by atoms with Crippen LogP contribution in [0.2, 0.25) is 0 Å². The normalized spacial score (nSPS) is 10.7. The first-order chi connectivity index (χ1) is 19.7. The highest BCUT2D eigenvalue weighted by atomic mass is 15.4. The molecule has 9 nitrogen and oxygen atoms in total. The average Bonchev–Trinajstić information content (AvgIpc) is 3.76. The Labute approximate surface area is 230 Å². The fraction of sp³-hybridized carbons (Fsp3) is 0. The Morgan fingerprint density at radius 3 is 0.975 bits per heavy atom. The summed E-state index contributed by atoms with van der Waals surface area (Å²) in [5.74, 6) is 0. The van der Waals surface area contributed by atoms with E-state index in [-0.39, 0.29) is 0 Å². The Kier molecular flexibility index (Phi) is 6.22. The van der Waals surface area contributed by atoms with E-state index in [1.54, 1.807) is 32.4 Å². The third kappa shape index (κ3) is 4.30. The molecule has 3 aromatic heterocycles. The highest BCUT2D eigenvalue weighted by Crippen LogP contribution is 2.26. The van der Waals surface area contributed by atoms with E-state index < -0.39 is 7.12 Å². The van der Waals surface area contributed by atoms with Gasteiger partial charge < -0.3 is 13.8 Å². The minimum atomic E-state index is -0.862. The Hall–Kier alpha value is -6.18. The number of benzene rings is 3. The van der Waals surface area contributed by atoms with Gasteiger partial charge in [-0.1, -0.05) is 91.0 Å². The highest BCUT2D eigenvalue weighted by Gasteiger charge is 2.21. The van der Waals surface area contributed by atoms with Crippen LogP contribution in [0.5, 0.6) is 0 Å². The van der Waals surface area contributed by atoms with Gasteiger partial charge in [0.1, 0.15) is 35.3 Å². The topological polar surface area (TPSA) is 125 Å². The molecule has 0 unspecified atom stereocenters. The molecule has 10 heteroatoms. The average molecular weight is 515 g/mol. The second-order valence-electron chi connectivity index (χ2n) is 8.89. The summed E-state index contributed by atoms with van der Waals surface area (Å²) in [5.41, 5.74) is 4.93. The van der Waals surface area contributed by atoms with Crippen molar-refractivity contribution in [3.8, 4) is 52.0 Å². The van der Waals surface area contributed by atoms with Crippen LogP contribution in [-0.4, -0.2) is 36.2 Å². The molecule has 0 saturated heterocycles. The number of hydrogen-bond acceptors (Lipinski definition) is 6. The summed E-state index contributed by atoms with van der Waals surface area (Å²) in [4.78, 5) is 0. The van der Waals surface area contributed by atoms with Crippen molar-refractivity contribution in [2.24, 2.45) is 0 Å². The van der Waals surface area contributed by atoms with Crippen LogP contribution in [0.3, 0.4) is 0 Å². The molecule has 0 spiro atoms. The second-order valence-corrected chi connectivity index (χ2v) is 8.89. The predicted molar refractivity (Wildman–Crippen MR) is 149 cm³/mol. The predicted octanol–water partition coefficient (Wildman–Crippen LogP) is 4.82. The third-order valence-corrected chi connectivity index (χ3v) is 6.41. The zero-order chi connectivity index (χ0) is 27.5. The molecule has 0 amide bonds. The van der Waals surface area contributed by atoms with Gasteiger partial charge in [-0.2, -0.15) is 15.8 Å². The van der Waals surface area contributed by atoms with E-state index in [4.69, 9.17) is 15.3 Å². The maximum Gasteiger partial charge on any atom is 0.260 e. The summed E-state index contributed by atoms with van der Waals surface area (Å²) in [6.45, 7) is 0. The first-order valence-electron chi connectivity index (χ1n) is 12.3. The number of hydrogen-bond donors (Lipinski definition) is 0. The maximum absolute atomic E-state index is 9.95. The smallest absolute Gasteiger partial charge is 0.260 e. The van der Waals surface area contributed by atoms with Crippen molar-refractivity contribution in [3.05, 3.63) is 126 Å². The molecule has 0 aliphatic carbocycles. The molecule has 3 heterocycles. The van der Waals surface area contributed by atoms with Crippen LogP contribution in [0.1, 0.15) is 16.7 Å². The van der Waals surface area contributed by atoms with Crippen LogP contribution < -0.4 is 0 Å². The van der Waals surface area contributed by atoms with Gasteiger partial charge in [0.25, 0.3) is 7.12 Å². The van der Waals surface area contributed by atoms with Crippen molar-refractivity contribution in [1.82, 2.24) is 29.1 Å². The van der Waals surface area contributed by atoms with Crippen molar-refractivity contribution in [3.63, 3.8) is 0 Å². The first-order valence-corrected chi connectivity index (χ1v) is 12.3. The summed E-state index contributed by atoms with van der Waals surface area (Å²) in [6, 6.07) is 34.9. The summed E-state index contributed by atoms with van der Waals surface area (Å²) in [6.07, 6.45) is 4.87. The molecular weight excluding hydrogens is 497 g/mol. The lowest BCUT2D eigenvalue weighted by Crippen LogP contribution is -2.43. The monoisotopic (exact) mass is 515 g/mol. The van der Waals surface area contributed by atoms with Crippen LogP contribution in [0.4, 0.5) is 0 Å². The summed E-state index contributed by atoms with van der Waals surface area (Å²) in [5, 5.41) is 44.2. The molecule has 1 radical (unpaired) electrons. The molecule has 0 saturated carbocycles. The number of rotatable bonds is 6. The molecule has 0 aliphatic heterocycles. The number of nitrogens with zero attached hydrogens (tertiary/aromatic N) is 9. The standard InChI is InChI=1S/C30H18BN9/c32-16-25-19-38(35-28(25)22-10-4-1-5-11-22)31(39-20-26(17-33)29(36-39)23-12-6-2-7-13-23)40-21-27(18-34)30(37-40)24-14-8-3-9-15-24/h1-15,19-21H/q-1. The zero-order valence-electron chi connectivity index (χ0n) is 21.0. The van der Waals surface area contributed by atoms with Crippen molar-refractivity contribution in [2.75, 3.05) is 0 Å². The fourth-order valence-electron chi connectivity index (χ4n) is 4.57. The van der Waals surface area contributed by atoms with Gasteiger partial charge in [-0.05, 0) is 0 Å². The van der Waals surface area contributed by atoms with Gasteiger partial charge in [-0.25, -0.2) is 15.3 Å². The van der Waals surface area contributed by atoms with Gasteiger partial charge in [0, 0.05) is 35.3 Å². The van der Waals surface area contributed by atoms with E-state index in [0.717, 1.165) is 16.7 Å². The van der Waals surface area contributed by atoms with Crippen LogP contribution in [0.25, 0.3) is 33.8 Å². The van der Waals surface area contributed by atoms with E-state index in [0.29, 0.717) is 33.8 Å². The zero-order valence-corrected chi connectivity index (χ0v) is 21.0. The van der Waals surface area contributed by atoms with Crippen molar-refractivity contribution >= 4 is 7.12 Å². The molecule has 40 heavy (non-hydrogen) atoms. The van der Waals surface area contributed by atoms with Crippen molar-refractivity contribution in [2.45, 2.75) is 0 Å². The lowest BCUT2D eigenvalue weighted by molar-refractivity contribution is 0.775. The fourth-order valence-corrected chi connectivity index (χ4v) is 4.57. The maximum atomic E-state index is 9.95. The van der Waals surface area contributed by atoms with Crippen molar-refractivity contribution in [1.29, 1.82) is 15.8 Å². The molecule has 3 aromatic carbocycles. The minimum Gasteiger partial charge on any atom is -0.423 e. The second kappa shape index (κ2) is 10.3. The van der Waals surface area contributed by atoms with E-state index in [1.165, 1.54) is 0 Å². The van der Waals surface area contributed by atoms with Gasteiger partial charge in [0.2, 0.25) is 0 Å². The number of aromatic nitrogens is 6. The lowest BCUT2D eigenvalue weighted by atomic mass is 9.95. The largest absolute Gasteiger partial charge is 0.423 e. The Bertz CT molecular complexity index is 1710. The highest BCUT2D eigenvalue weighted by molar-refractivity contribution is 6.52. The molecule has 0 fully saturated rings. The van der Waals surface area contributed by atoms with Gasteiger partial charge in [0.15, 0.2) is 0 Å².